The Morgan fingerprint density at radius 3 is 0.781 bits per heavy atom. The van der Waals surface area contributed by atoms with E-state index in [1.807, 2.05) is 7.05 Å². The third-order valence-corrected chi connectivity index (χ3v) is 20.3. The summed E-state index contributed by atoms with van der Waals surface area (Å²) in [5.74, 6) is 6.52. The van der Waals surface area contributed by atoms with E-state index in [2.05, 4.69) is 186 Å². The van der Waals surface area contributed by atoms with Crippen LogP contribution in [0.15, 0.2) is 121 Å². The van der Waals surface area contributed by atoms with Crippen LogP contribution >= 0.6 is 0 Å². The van der Waals surface area contributed by atoms with Crippen LogP contribution in [0.25, 0.3) is 154 Å². The fourth-order valence-electron chi connectivity index (χ4n) is 14.7. The number of nitrogens with zero attached hydrogens (tertiary/aromatic N) is 7. The minimum atomic E-state index is 0.349. The maximum Gasteiger partial charge on any atom is 0.168 e. The molecule has 15 rings (SSSR count). The predicted octanol–water partition coefficient (Wildman–Crippen LogP) is 23.2. The lowest BCUT2D eigenvalue weighted by Crippen LogP contribution is -2.04. The van der Waals surface area contributed by atoms with Crippen LogP contribution in [0.5, 0.6) is 46.0 Å². The highest BCUT2D eigenvalue weighted by Gasteiger charge is 2.37. The van der Waals surface area contributed by atoms with Gasteiger partial charge in [-0.3, -0.25) is 0 Å². The zero-order chi connectivity index (χ0) is 72.1. The number of H-pyrrole nitrogens is 1. The van der Waals surface area contributed by atoms with Crippen LogP contribution in [-0.4, -0.2) is 92.3 Å². The van der Waals surface area contributed by atoms with Gasteiger partial charge in [0.1, 0.15) is 68.6 Å². The van der Waals surface area contributed by atoms with Crippen molar-refractivity contribution in [3.05, 3.63) is 121 Å². The van der Waals surface area contributed by atoms with Crippen LogP contribution in [0.1, 0.15) is 158 Å². The van der Waals surface area contributed by atoms with Crippen LogP contribution in [0.3, 0.4) is 0 Å². The molecule has 3 aromatic heterocycles. The topological polar surface area (TPSA) is 172 Å². The highest BCUT2D eigenvalue weighted by molar-refractivity contribution is 6.24. The average Bonchev–Trinajstić information content (AvgIpc) is 1.59. The summed E-state index contributed by atoms with van der Waals surface area (Å²) in [6, 6.07) is 42.6. The maximum absolute atomic E-state index is 7.36. The Morgan fingerprint density at radius 1 is 0.267 bits per heavy atom. The van der Waals surface area contributed by atoms with E-state index in [0.29, 0.717) is 189 Å². The van der Waals surface area contributed by atoms with Crippen LogP contribution in [0.2, 0.25) is 0 Å². The van der Waals surface area contributed by atoms with Crippen molar-refractivity contribution in [3.8, 4) is 91.5 Å². The van der Waals surface area contributed by atoms with Crippen LogP contribution in [-0.2, 0) is 7.05 Å². The molecule has 2 aliphatic rings. The van der Waals surface area contributed by atoms with Gasteiger partial charge in [0.05, 0.1) is 96.7 Å². The minimum Gasteiger partial charge on any atom is -0.492 e. The zero-order valence-corrected chi connectivity index (χ0v) is 62.4. The van der Waals surface area contributed by atoms with Crippen molar-refractivity contribution in [2.24, 2.45) is 7.05 Å². The zero-order valence-electron chi connectivity index (χ0n) is 62.4. The largest absolute Gasteiger partial charge is 0.492 e. The molecular formula is C89H96N8O8. The first-order valence-electron chi connectivity index (χ1n) is 38.8. The molecule has 2 aliphatic heterocycles. The first-order valence-corrected chi connectivity index (χ1v) is 38.8. The number of rotatable bonds is 32. The molecule has 0 aliphatic carbocycles. The van der Waals surface area contributed by atoms with Gasteiger partial charge in [-0.1, -0.05) is 204 Å². The van der Waals surface area contributed by atoms with E-state index in [9.17, 15) is 0 Å². The van der Waals surface area contributed by atoms with E-state index in [1.54, 1.807) is 0 Å². The third-order valence-electron chi connectivity index (χ3n) is 20.3. The first-order chi connectivity index (χ1) is 51.7. The van der Waals surface area contributed by atoms with Crippen molar-refractivity contribution < 1.29 is 37.9 Å². The van der Waals surface area contributed by atoms with Gasteiger partial charge in [-0.2, -0.15) is 0 Å². The summed E-state index contributed by atoms with van der Waals surface area (Å²) in [6.07, 6.45) is 13.8. The van der Waals surface area contributed by atoms with Gasteiger partial charge in [0.25, 0.3) is 0 Å². The van der Waals surface area contributed by atoms with Crippen molar-refractivity contribution in [1.29, 1.82) is 0 Å². The van der Waals surface area contributed by atoms with E-state index in [4.69, 9.17) is 67.8 Å². The number of hydrogen-bond donors (Lipinski definition) is 1. The molecule has 16 nitrogen and oxygen atoms in total. The number of hydrogen-bond acceptors (Lipinski definition) is 14. The number of ether oxygens (including phenoxy) is 8. The van der Waals surface area contributed by atoms with Crippen LogP contribution < -0.4 is 37.9 Å². The molecule has 0 fully saturated rings. The summed E-state index contributed by atoms with van der Waals surface area (Å²) in [7, 11) is 2.03. The van der Waals surface area contributed by atoms with Crippen molar-refractivity contribution in [2.45, 2.75) is 158 Å². The standard InChI is InChI=1S/C89H96N8O8/c1-10-18-42-98-74-58-38-30-31-39-59(58)75(99-43-19-11-2)67-66(74)82-90-83-68-69(79(103-47-23-15-6)63-51-55-35-27-26-34-54(55)50-62(63)78(68)102-46-22-14-5)84(91-83)92-85-70-71(81(105-49-25-17-8)65-53-57-37-29-28-36-56(57)52-64(65)80(70)104-48-24-16-7)87(94-85)96-89-73-72(88(97(89)9)95-86(67)93-82)76(100-44-20-12-3)60-40-32-33-41-61(60)77(73)101-45-21-13-4/h26-41,50-53H,10-25,42-49H2,1-9H3,(H,90,91,92,93,94,95,96). The molecule has 540 valence electrons. The Kier molecular flexibility index (Phi) is 21.0. The molecule has 105 heavy (non-hydrogen) atoms. The molecule has 1 N–H and O–H groups in total. The summed E-state index contributed by atoms with van der Waals surface area (Å²) >= 11 is 0. The molecule has 0 atom stereocenters. The number of benzene rings is 10. The number of nitrogens with one attached hydrogen (secondary N) is 1. The van der Waals surface area contributed by atoms with E-state index in [1.165, 1.54) is 0 Å². The van der Waals surface area contributed by atoms with Gasteiger partial charge < -0.3 is 47.4 Å². The van der Waals surface area contributed by atoms with Gasteiger partial charge in [-0.25, -0.2) is 29.9 Å². The van der Waals surface area contributed by atoms with Gasteiger partial charge >= 0.3 is 0 Å². The number of aromatic amines is 1. The molecule has 10 aromatic carbocycles. The van der Waals surface area contributed by atoms with Crippen molar-refractivity contribution in [1.82, 2.24) is 39.5 Å². The van der Waals surface area contributed by atoms with Gasteiger partial charge in [0.2, 0.25) is 0 Å². The number of unbranched alkanes of at least 4 members (excludes halogenated alkanes) is 8. The molecule has 13 aromatic rings. The fourth-order valence-corrected chi connectivity index (χ4v) is 14.7. The SMILES string of the molecule is CCCCOc1c2c(c(OCCCC)c3ccccc13)-c1nc-2nc2[nH]c(nc3nc(nc4c5c(OCCCC)c6ccccc6c(OCCCC)c5c(n1)n4C)-c1c-3c(OCCCC)c3cc4ccccc4cc3c1OCCCC)c1c(OCCCC)c3cc4ccccc4cc3c(OCCCC)c21. The van der Waals surface area contributed by atoms with Gasteiger partial charge in [-0.15, -0.1) is 0 Å². The second-order valence-electron chi connectivity index (χ2n) is 27.8. The summed E-state index contributed by atoms with van der Waals surface area (Å²) in [6.45, 7) is 21.0. The molecule has 0 amide bonds. The molecule has 0 spiro atoms. The number of aryl methyl sites for hydroxylation is 1. The van der Waals surface area contributed by atoms with E-state index < -0.39 is 0 Å². The first kappa shape index (κ1) is 70.2. The maximum atomic E-state index is 7.36. The summed E-state index contributed by atoms with van der Waals surface area (Å²) in [5.41, 5.74) is 4.50. The Balaban J connectivity index is 1.24. The number of fused-ring (bicyclic) bond motifs is 26. The smallest absolute Gasteiger partial charge is 0.168 e. The average molecular weight is 1410 g/mol. The van der Waals surface area contributed by atoms with Crippen molar-refractivity contribution in [3.63, 3.8) is 0 Å². The fraction of sp³-hybridized carbons (Fsp3) is 0.371. The summed E-state index contributed by atoms with van der Waals surface area (Å²) in [4.78, 5) is 39.7. The van der Waals surface area contributed by atoms with Crippen LogP contribution in [0.4, 0.5) is 0 Å². The molecule has 0 unspecified atom stereocenters. The predicted molar refractivity (Wildman–Crippen MR) is 429 cm³/mol. The number of aromatic nitrogens is 8. The lowest BCUT2D eigenvalue weighted by atomic mass is 9.95. The van der Waals surface area contributed by atoms with E-state index in [-0.39, 0.29) is 0 Å². The molecule has 0 radical (unpaired) electrons. The van der Waals surface area contributed by atoms with Crippen molar-refractivity contribution >= 4 is 109 Å². The normalized spacial score (nSPS) is 12.0. The lowest BCUT2D eigenvalue weighted by molar-refractivity contribution is 0.308. The Labute approximate surface area is 613 Å². The Bertz CT molecular complexity index is 5630. The molecule has 8 bridgehead atoms. The molecule has 5 heterocycles. The third kappa shape index (κ3) is 13.0. The minimum absolute atomic E-state index is 0.349. The molecule has 0 saturated carbocycles. The van der Waals surface area contributed by atoms with E-state index in [0.717, 1.165) is 167 Å². The van der Waals surface area contributed by atoms with Crippen molar-refractivity contribution in [2.75, 3.05) is 52.9 Å². The van der Waals surface area contributed by atoms with Gasteiger partial charge in [-0.05, 0) is 97.2 Å². The Hall–Kier alpha value is -10.5. The summed E-state index contributed by atoms with van der Waals surface area (Å²) in [5, 5.41) is 13.9. The van der Waals surface area contributed by atoms with Gasteiger partial charge in [0.15, 0.2) is 23.3 Å². The van der Waals surface area contributed by atoms with Crippen LogP contribution in [0, 0.1) is 0 Å². The van der Waals surface area contributed by atoms with Gasteiger partial charge in [0, 0.05) is 50.1 Å². The second-order valence-corrected chi connectivity index (χ2v) is 27.8. The van der Waals surface area contributed by atoms with E-state index >= 15 is 0 Å². The highest BCUT2D eigenvalue weighted by atomic mass is 16.5. The Morgan fingerprint density at radius 2 is 0.495 bits per heavy atom. The molecule has 0 saturated heterocycles. The molecular weight excluding hydrogens is 1310 g/mol. The highest BCUT2D eigenvalue weighted by Crippen LogP contribution is 2.57. The molecule has 16 heteroatoms. The second kappa shape index (κ2) is 31.5. The lowest BCUT2D eigenvalue weighted by Gasteiger charge is -2.19. The monoisotopic (exact) mass is 1400 g/mol. The quantitative estimate of drug-likeness (QED) is 0.0312. The summed E-state index contributed by atoms with van der Waals surface area (Å²) < 4.78 is 60.5.